The van der Waals surface area contributed by atoms with Crippen LogP contribution in [0.15, 0.2) is 11.5 Å². The fourth-order valence-electron chi connectivity index (χ4n) is 2.85. The third-order valence-corrected chi connectivity index (χ3v) is 4.76. The Bertz CT molecular complexity index is 640. The van der Waals surface area contributed by atoms with Gasteiger partial charge in [0.2, 0.25) is 0 Å². The number of carbonyl (C=O) groups is 2. The minimum Gasteiger partial charge on any atom is -0.478 e. The Hall–Kier alpha value is -1.89. The normalized spacial score (nSPS) is 16.5. The molecule has 0 aromatic carbocycles. The molecule has 1 aromatic heterocycles. The summed E-state index contributed by atoms with van der Waals surface area (Å²) in [6.07, 6.45) is 7.97. The van der Waals surface area contributed by atoms with Crippen LogP contribution in [-0.2, 0) is 9.53 Å². The molecule has 2 N–H and O–H groups in total. The Morgan fingerprint density at radius 3 is 2.64 bits per heavy atom. The fraction of sp³-hybridized carbons (Fsp3) is 0.611. The van der Waals surface area contributed by atoms with Gasteiger partial charge in [0.25, 0.3) is 0 Å². The maximum absolute atomic E-state index is 11.8. The number of amides is 1. The number of carboxylic acid groups (broad SMARTS) is 1. The predicted molar refractivity (Wildman–Crippen MR) is 98.8 cm³/mol. The van der Waals surface area contributed by atoms with Gasteiger partial charge in [0.1, 0.15) is 5.60 Å². The average molecular weight is 366 g/mol. The van der Waals surface area contributed by atoms with Gasteiger partial charge in [0.05, 0.1) is 11.3 Å². The second-order valence-corrected chi connectivity index (χ2v) is 8.19. The number of nitrogens with zero attached hydrogens (tertiary/aromatic N) is 1. The smallest absolute Gasteiger partial charge is 0.413 e. The number of ether oxygens (including phenoxy) is 1. The molecule has 0 radical (unpaired) electrons. The van der Waals surface area contributed by atoms with Crippen molar-refractivity contribution in [1.82, 2.24) is 4.98 Å². The Kier molecular flexibility index (Phi) is 6.58. The van der Waals surface area contributed by atoms with Crippen LogP contribution in [0.25, 0.3) is 5.57 Å². The lowest BCUT2D eigenvalue weighted by molar-refractivity contribution is -0.130. The minimum absolute atomic E-state index is 0.194. The zero-order valence-corrected chi connectivity index (χ0v) is 15.8. The standard InChI is InChI=1S/C18H26N2O4S/c1-18(2,3)24-17(23)20-16-19-14(11-25-16)13(15(21)22)10-9-12-7-5-4-6-8-12/h10-12H,4-9H2,1-3H3,(H,21,22)(H,19,20,23)/b13-10+. The van der Waals surface area contributed by atoms with E-state index in [0.29, 0.717) is 16.7 Å². The van der Waals surface area contributed by atoms with Crippen molar-refractivity contribution >= 4 is 34.1 Å². The molecule has 0 unspecified atom stereocenters. The van der Waals surface area contributed by atoms with E-state index >= 15 is 0 Å². The van der Waals surface area contributed by atoms with Crippen molar-refractivity contribution in [3.8, 4) is 0 Å². The molecule has 1 saturated carbocycles. The van der Waals surface area contributed by atoms with Gasteiger partial charge in [-0.25, -0.2) is 14.6 Å². The molecule has 0 spiro atoms. The quantitative estimate of drug-likeness (QED) is 0.721. The van der Waals surface area contributed by atoms with Gasteiger partial charge in [-0.2, -0.15) is 0 Å². The summed E-state index contributed by atoms with van der Waals surface area (Å²) in [5.41, 5.74) is -0.0329. The van der Waals surface area contributed by atoms with Gasteiger partial charge >= 0.3 is 12.1 Å². The SMILES string of the molecule is CC(C)(C)OC(=O)Nc1nc(/C(=C\CC2CCCCC2)C(=O)O)cs1. The predicted octanol–water partition coefficient (Wildman–Crippen LogP) is 4.93. The summed E-state index contributed by atoms with van der Waals surface area (Å²) in [5.74, 6) is -0.439. The van der Waals surface area contributed by atoms with Crippen molar-refractivity contribution in [3.05, 3.63) is 17.2 Å². The molecule has 1 aromatic rings. The summed E-state index contributed by atoms with van der Waals surface area (Å²) in [6.45, 7) is 5.32. The van der Waals surface area contributed by atoms with E-state index in [-0.39, 0.29) is 5.57 Å². The molecule has 1 amide bonds. The molecule has 7 heteroatoms. The number of aliphatic carboxylic acids is 1. The lowest BCUT2D eigenvalue weighted by atomic mass is 9.86. The number of hydrogen-bond donors (Lipinski definition) is 2. The van der Waals surface area contributed by atoms with E-state index in [4.69, 9.17) is 4.74 Å². The third-order valence-electron chi connectivity index (χ3n) is 4.00. The average Bonchev–Trinajstić information content (AvgIpc) is 2.94. The van der Waals surface area contributed by atoms with Gasteiger partial charge in [-0.1, -0.05) is 38.2 Å². The number of allylic oxidation sites excluding steroid dienone is 1. The van der Waals surface area contributed by atoms with E-state index in [0.717, 1.165) is 19.3 Å². The highest BCUT2D eigenvalue weighted by atomic mass is 32.1. The number of nitrogens with one attached hydrogen (secondary N) is 1. The molecule has 1 aliphatic carbocycles. The van der Waals surface area contributed by atoms with E-state index in [1.54, 1.807) is 32.2 Å². The van der Waals surface area contributed by atoms with Gasteiger partial charge < -0.3 is 9.84 Å². The number of aromatic nitrogens is 1. The number of anilines is 1. The molecule has 0 saturated heterocycles. The van der Waals surface area contributed by atoms with Crippen molar-refractivity contribution in [1.29, 1.82) is 0 Å². The van der Waals surface area contributed by atoms with Crippen LogP contribution >= 0.6 is 11.3 Å². The topological polar surface area (TPSA) is 88.5 Å². The fourth-order valence-corrected chi connectivity index (χ4v) is 3.55. The lowest BCUT2D eigenvalue weighted by Crippen LogP contribution is -2.27. The number of hydrogen-bond acceptors (Lipinski definition) is 5. The van der Waals surface area contributed by atoms with Gasteiger partial charge in [-0.05, 0) is 33.1 Å². The van der Waals surface area contributed by atoms with Gasteiger partial charge in [0.15, 0.2) is 5.13 Å². The van der Waals surface area contributed by atoms with E-state index in [1.165, 1.54) is 30.6 Å². The Labute approximate surface area is 152 Å². The van der Waals surface area contributed by atoms with Crippen LogP contribution < -0.4 is 5.32 Å². The largest absolute Gasteiger partial charge is 0.478 e. The van der Waals surface area contributed by atoms with Crippen LogP contribution in [0.5, 0.6) is 0 Å². The summed E-state index contributed by atoms with van der Waals surface area (Å²) < 4.78 is 5.17. The molecular formula is C18H26N2O4S. The van der Waals surface area contributed by atoms with E-state index < -0.39 is 17.7 Å². The van der Waals surface area contributed by atoms with Crippen molar-refractivity contribution < 1.29 is 19.4 Å². The van der Waals surface area contributed by atoms with Gasteiger partial charge in [-0.3, -0.25) is 5.32 Å². The van der Waals surface area contributed by atoms with E-state index in [2.05, 4.69) is 10.3 Å². The first kappa shape index (κ1) is 19.4. The first-order valence-electron chi connectivity index (χ1n) is 8.64. The summed E-state index contributed by atoms with van der Waals surface area (Å²) in [4.78, 5) is 27.6. The molecule has 138 valence electrons. The van der Waals surface area contributed by atoms with Crippen molar-refractivity contribution in [3.63, 3.8) is 0 Å². The maximum Gasteiger partial charge on any atom is 0.413 e. The van der Waals surface area contributed by atoms with E-state index in [1.807, 2.05) is 0 Å². The molecule has 2 rings (SSSR count). The maximum atomic E-state index is 11.8. The van der Waals surface area contributed by atoms with Gasteiger partial charge in [0, 0.05) is 5.38 Å². The van der Waals surface area contributed by atoms with Crippen LogP contribution in [0.1, 0.15) is 65.0 Å². The summed E-state index contributed by atoms with van der Waals surface area (Å²) in [6, 6.07) is 0. The summed E-state index contributed by atoms with van der Waals surface area (Å²) in [5, 5.41) is 14.0. The first-order chi connectivity index (χ1) is 11.7. The second-order valence-electron chi connectivity index (χ2n) is 7.33. The number of carbonyl (C=O) groups excluding carboxylic acids is 1. The molecule has 1 fully saturated rings. The highest BCUT2D eigenvalue weighted by Crippen LogP contribution is 2.29. The van der Waals surface area contributed by atoms with E-state index in [9.17, 15) is 14.7 Å². The monoisotopic (exact) mass is 366 g/mol. The highest BCUT2D eigenvalue weighted by Gasteiger charge is 2.20. The number of rotatable bonds is 5. The number of thiazole rings is 1. The molecule has 25 heavy (non-hydrogen) atoms. The third kappa shape index (κ3) is 6.49. The zero-order valence-electron chi connectivity index (χ0n) is 15.0. The zero-order chi connectivity index (χ0) is 18.4. The van der Waals surface area contributed by atoms with Crippen LogP contribution in [0.4, 0.5) is 9.93 Å². The molecule has 0 aliphatic heterocycles. The highest BCUT2D eigenvalue weighted by molar-refractivity contribution is 7.14. The van der Waals surface area contributed by atoms with Crippen molar-refractivity contribution in [2.45, 2.75) is 64.9 Å². The lowest BCUT2D eigenvalue weighted by Gasteiger charge is -2.20. The molecule has 1 aliphatic rings. The van der Waals surface area contributed by atoms with Crippen LogP contribution in [-0.4, -0.2) is 27.8 Å². The van der Waals surface area contributed by atoms with Crippen LogP contribution in [0.2, 0.25) is 0 Å². The minimum atomic E-state index is -0.995. The Morgan fingerprint density at radius 2 is 2.04 bits per heavy atom. The first-order valence-corrected chi connectivity index (χ1v) is 9.52. The van der Waals surface area contributed by atoms with Crippen LogP contribution in [0, 0.1) is 5.92 Å². The summed E-state index contributed by atoms with van der Waals surface area (Å²) >= 11 is 1.18. The Morgan fingerprint density at radius 1 is 1.36 bits per heavy atom. The molecule has 1 heterocycles. The van der Waals surface area contributed by atoms with Gasteiger partial charge in [-0.15, -0.1) is 11.3 Å². The second kappa shape index (κ2) is 8.47. The van der Waals surface area contributed by atoms with Crippen LogP contribution in [0.3, 0.4) is 0 Å². The molecule has 0 bridgehead atoms. The molecule has 6 nitrogen and oxygen atoms in total. The van der Waals surface area contributed by atoms with Crippen molar-refractivity contribution in [2.24, 2.45) is 5.92 Å². The van der Waals surface area contributed by atoms with Crippen molar-refractivity contribution in [2.75, 3.05) is 5.32 Å². The summed E-state index contributed by atoms with van der Waals surface area (Å²) in [7, 11) is 0. The Balaban J connectivity index is 2.03. The molecular weight excluding hydrogens is 340 g/mol. The molecule has 0 atom stereocenters. The number of carboxylic acids is 1.